The number of carbonyl (C=O) groups is 3. The summed E-state index contributed by atoms with van der Waals surface area (Å²) < 4.78 is 43.3. The molecule has 17 nitrogen and oxygen atoms in total. The van der Waals surface area contributed by atoms with Crippen molar-refractivity contribution in [3.8, 4) is 17.2 Å². The first kappa shape index (κ1) is 52.5. The Morgan fingerprint density at radius 2 is 1.66 bits per heavy atom. The Bertz CT molecular complexity index is 2830. The van der Waals surface area contributed by atoms with Crippen LogP contribution < -0.4 is 25.1 Å². The molecule has 18 heteroatoms. The van der Waals surface area contributed by atoms with E-state index in [4.69, 9.17) is 37.8 Å². The summed E-state index contributed by atoms with van der Waals surface area (Å²) in [6.07, 6.45) is 4.77. The highest BCUT2D eigenvalue weighted by molar-refractivity contribution is 14.1. The van der Waals surface area contributed by atoms with E-state index in [0.717, 1.165) is 38.4 Å². The molecule has 0 spiro atoms. The number of nitrogens with zero attached hydrogens (tertiary/aromatic N) is 3. The first-order valence-electron chi connectivity index (χ1n) is 23.6. The number of nitrogens with one attached hydrogen (secondary N) is 1. The van der Waals surface area contributed by atoms with E-state index < -0.39 is 76.8 Å². The van der Waals surface area contributed by atoms with Gasteiger partial charge in [0.25, 0.3) is 11.7 Å². The zero-order chi connectivity index (χ0) is 51.1. The van der Waals surface area contributed by atoms with Gasteiger partial charge in [0, 0.05) is 123 Å². The molecular formula is C52H65IN4O13. The first-order valence-corrected chi connectivity index (χ1v) is 24.8. The number of aliphatic hydroxyl groups excluding tert-OH is 1. The van der Waals surface area contributed by atoms with Crippen molar-refractivity contribution in [1.29, 1.82) is 0 Å². The van der Waals surface area contributed by atoms with Crippen LogP contribution in [0.4, 0.5) is 11.4 Å². The highest BCUT2D eigenvalue weighted by Crippen LogP contribution is 2.49. The molecule has 3 aromatic carbocycles. The average Bonchev–Trinajstić information content (AvgIpc) is 3.59. The van der Waals surface area contributed by atoms with Crippen LogP contribution in [0.2, 0.25) is 0 Å². The summed E-state index contributed by atoms with van der Waals surface area (Å²) in [4.78, 5) is 65.9. The molecule has 1 fully saturated rings. The summed E-state index contributed by atoms with van der Waals surface area (Å²) >= 11 is 2.43. The Morgan fingerprint density at radius 1 is 0.971 bits per heavy atom. The van der Waals surface area contributed by atoms with Gasteiger partial charge in [0.1, 0.15) is 34.3 Å². The van der Waals surface area contributed by atoms with Gasteiger partial charge >= 0.3 is 11.8 Å². The molecule has 1 saturated heterocycles. The van der Waals surface area contributed by atoms with Crippen molar-refractivity contribution in [3.05, 3.63) is 69.6 Å². The lowest BCUT2D eigenvalue weighted by Crippen LogP contribution is -2.47. The molecule has 3 aliphatic rings. The van der Waals surface area contributed by atoms with E-state index in [1.165, 1.54) is 41.3 Å². The van der Waals surface area contributed by atoms with Crippen molar-refractivity contribution in [3.63, 3.8) is 0 Å². The monoisotopic (exact) mass is 1080 g/mol. The number of ether oxygens (including phenoxy) is 6. The minimum Gasteiger partial charge on any atom is -0.505 e. The minimum atomic E-state index is -2.05. The van der Waals surface area contributed by atoms with Crippen LogP contribution in [-0.4, -0.2) is 126 Å². The number of aromatic hydroxyl groups is 1. The first-order chi connectivity index (χ1) is 33.2. The van der Waals surface area contributed by atoms with Crippen molar-refractivity contribution in [2.45, 2.75) is 96.4 Å². The van der Waals surface area contributed by atoms with Crippen LogP contribution in [0.15, 0.2) is 57.5 Å². The number of phenolic OH excluding ortho intramolecular Hbond substituents is 1. The number of ketones is 1. The number of aromatic nitrogens is 1. The maximum absolute atomic E-state index is 14.9. The molecule has 4 bridgehead atoms. The molecule has 1 amide bonds. The number of methoxy groups -OCH3 is 3. The third-order valence-corrected chi connectivity index (χ3v) is 14.5. The Balaban J connectivity index is 1.45. The predicted molar refractivity (Wildman–Crippen MR) is 275 cm³/mol. The highest BCUT2D eigenvalue weighted by Gasteiger charge is 2.50. The van der Waals surface area contributed by atoms with Gasteiger partial charge < -0.3 is 53.3 Å². The summed E-state index contributed by atoms with van der Waals surface area (Å²) in [6, 6.07) is 3.69. The fourth-order valence-corrected chi connectivity index (χ4v) is 10.7. The highest BCUT2D eigenvalue weighted by atomic mass is 127. The Hall–Kier alpha value is -5.28. The van der Waals surface area contributed by atoms with E-state index in [1.54, 1.807) is 39.2 Å². The van der Waals surface area contributed by atoms with Crippen LogP contribution in [0.3, 0.4) is 0 Å². The SMILES string of the molecule is COc1cc(N2CCN(CC(C)I)CC2)cc2oc3c4c(O)c5c(=O)c(C)c6c(c5c3nc12)C(=O)[C@@](C)(O/C=C/[C@H](OC)[C@@H](C)[C@@H](OC(C)=O)[C@H](C)[C@H](O)[C@H](C)[C@@H](OC)[C@@H](C)/C=C/C=C(/C)C(=O)N4)O6. The predicted octanol–water partition coefficient (Wildman–Crippen LogP) is 7.61. The number of hydrogen-bond acceptors (Lipinski definition) is 16. The number of amides is 1. The third-order valence-electron chi connectivity index (χ3n) is 14.1. The number of Topliss-reactive ketones (excluding diaryl/α,β-unsaturated/α-hetero) is 1. The average molecular weight is 1080 g/mol. The van der Waals surface area contributed by atoms with Crippen LogP contribution in [0.25, 0.3) is 33.0 Å². The van der Waals surface area contributed by atoms with Crippen LogP contribution >= 0.6 is 22.6 Å². The van der Waals surface area contributed by atoms with Crippen molar-refractivity contribution in [1.82, 2.24) is 9.88 Å². The van der Waals surface area contributed by atoms with Crippen LogP contribution in [0.5, 0.6) is 17.2 Å². The molecule has 4 heterocycles. The number of fused-ring (bicyclic) bond motifs is 2. The smallest absolute Gasteiger partial charge is 0.312 e. The standard InChI is InChI=1S/C52H65IN4O13/c1-25-14-13-15-26(2)51(63)55-42-45(61)38-37(41-49(42)69-36-23-33(22-35(65-11)40(36)54-41)57-19-17-56(18-20-57)24-27(3)53)39-48(31(7)44(38)60)70-52(9,50(39)62)67-21-16-34(64-10)28(4)47(68-32(8)58)30(6)43(59)29(5)46(25)66-12/h13-16,21-23,25,27-30,34,43,46-47,59,61H,17-20,24H2,1-12H3,(H,55,63)/b14-13+,21-16+,26-15-/t25-,27?,28+,29-,30+,34-,43+,46-,47+,52-/m0/s1. The van der Waals surface area contributed by atoms with Gasteiger partial charge in [-0.1, -0.05) is 75.4 Å². The molecule has 4 aromatic rings. The number of halogens is 1. The molecule has 0 aliphatic carbocycles. The van der Waals surface area contributed by atoms with Crippen molar-refractivity contribution < 1.29 is 57.4 Å². The third kappa shape index (κ3) is 9.98. The summed E-state index contributed by atoms with van der Waals surface area (Å²) in [5, 5.41) is 26.6. The van der Waals surface area contributed by atoms with Gasteiger partial charge in [-0.25, -0.2) is 4.98 Å². The number of esters is 1. The van der Waals surface area contributed by atoms with Gasteiger partial charge in [0.05, 0.1) is 42.6 Å². The molecule has 1 aromatic heterocycles. The summed E-state index contributed by atoms with van der Waals surface area (Å²) in [6.45, 7) is 19.5. The lowest BCUT2D eigenvalue weighted by atomic mass is 9.78. The molecule has 7 rings (SSSR count). The summed E-state index contributed by atoms with van der Waals surface area (Å²) in [5.41, 5.74) is 0.374. The maximum Gasteiger partial charge on any atom is 0.312 e. The number of anilines is 2. The van der Waals surface area contributed by atoms with E-state index >= 15 is 0 Å². The molecule has 70 heavy (non-hydrogen) atoms. The van der Waals surface area contributed by atoms with Crippen molar-refractivity contribution >= 4 is 84.6 Å². The Kier molecular flexibility index (Phi) is 15.9. The van der Waals surface area contributed by atoms with E-state index in [1.807, 2.05) is 39.0 Å². The van der Waals surface area contributed by atoms with Gasteiger partial charge in [-0.2, -0.15) is 0 Å². The largest absolute Gasteiger partial charge is 0.505 e. The number of hydrogen-bond donors (Lipinski definition) is 3. The number of piperazine rings is 1. The second-order valence-corrected chi connectivity index (χ2v) is 21.1. The zero-order valence-corrected chi connectivity index (χ0v) is 44.0. The molecule has 3 aliphatic heterocycles. The molecule has 378 valence electrons. The van der Waals surface area contributed by atoms with Crippen molar-refractivity contribution in [2.24, 2.45) is 23.7 Å². The number of carbonyl (C=O) groups excluding carboxylic acids is 3. The number of benzene rings is 3. The van der Waals surface area contributed by atoms with Crippen molar-refractivity contribution in [2.75, 3.05) is 64.3 Å². The van der Waals surface area contributed by atoms with E-state index in [-0.39, 0.29) is 67.0 Å². The summed E-state index contributed by atoms with van der Waals surface area (Å²) in [5.74, 6) is -6.24. The molecule has 0 saturated carbocycles. The van der Waals surface area contributed by atoms with Crippen LogP contribution in [-0.2, 0) is 28.5 Å². The van der Waals surface area contributed by atoms with Gasteiger partial charge in [-0.3, -0.25) is 24.1 Å². The number of aliphatic hydroxyl groups is 1. The number of alkyl halides is 1. The van der Waals surface area contributed by atoms with E-state index in [2.05, 4.69) is 44.6 Å². The maximum atomic E-state index is 14.9. The van der Waals surface area contributed by atoms with E-state index in [9.17, 15) is 29.4 Å². The van der Waals surface area contributed by atoms with Crippen LogP contribution in [0.1, 0.15) is 71.3 Å². The second-order valence-electron chi connectivity index (χ2n) is 19.0. The fourth-order valence-electron chi connectivity index (χ4n) is 10.2. The number of allylic oxidation sites excluding steroid dienone is 2. The summed E-state index contributed by atoms with van der Waals surface area (Å²) in [7, 11) is 4.54. The van der Waals surface area contributed by atoms with E-state index in [0.29, 0.717) is 9.67 Å². The van der Waals surface area contributed by atoms with Gasteiger partial charge in [0.2, 0.25) is 0 Å². The molecule has 10 atom stereocenters. The normalized spacial score (nSPS) is 29.3. The van der Waals surface area contributed by atoms with Gasteiger partial charge in [-0.05, 0) is 19.9 Å². The fraction of sp³-hybridized carbons (Fsp3) is 0.519. The molecule has 3 N–H and O–H groups in total. The quantitative estimate of drug-likeness (QED) is 0.0406. The lowest BCUT2D eigenvalue weighted by molar-refractivity contribution is -0.161. The Labute approximate surface area is 421 Å². The number of phenols is 1. The van der Waals surface area contributed by atoms with Gasteiger partial charge in [0.15, 0.2) is 22.3 Å². The van der Waals surface area contributed by atoms with Crippen LogP contribution in [0, 0.1) is 30.6 Å². The lowest BCUT2D eigenvalue weighted by Gasteiger charge is -2.38. The zero-order valence-electron chi connectivity index (χ0n) is 41.9. The molecule has 1 unspecified atom stereocenters. The molecule has 0 radical (unpaired) electrons. The van der Waals surface area contributed by atoms with Gasteiger partial charge in [-0.15, -0.1) is 0 Å². The minimum absolute atomic E-state index is 0.00307. The molecular weight excluding hydrogens is 1020 g/mol. The topological polar surface area (TPSA) is 209 Å². The number of rotatable bonds is 7. The Morgan fingerprint density at radius 3 is 2.29 bits per heavy atom. The second kappa shape index (κ2) is 21.2.